The molecule has 18 heavy (non-hydrogen) atoms. The lowest BCUT2D eigenvalue weighted by Gasteiger charge is -2.17. The maximum Gasteiger partial charge on any atom is 0.335 e. The number of carbonyl (C=O) groups excluding carboxylic acids is 1. The van der Waals surface area contributed by atoms with Crippen molar-refractivity contribution in [1.82, 2.24) is 5.32 Å². The zero-order valence-corrected chi connectivity index (χ0v) is 10.2. The molecule has 0 atom stereocenters. The Hall–Kier alpha value is -1.88. The van der Waals surface area contributed by atoms with Crippen LogP contribution >= 0.6 is 0 Å². The van der Waals surface area contributed by atoms with Gasteiger partial charge in [-0.1, -0.05) is 0 Å². The molecule has 1 fully saturated rings. The highest BCUT2D eigenvalue weighted by molar-refractivity contribution is 5.95. The molecule has 0 bridgehead atoms. The molecule has 1 aromatic rings. The summed E-state index contributed by atoms with van der Waals surface area (Å²) < 4.78 is 0. The highest BCUT2D eigenvalue weighted by atomic mass is 16.4. The third-order valence-corrected chi connectivity index (χ3v) is 2.99. The molecule has 0 unspecified atom stereocenters. The largest absolute Gasteiger partial charge is 0.478 e. The Bertz CT molecular complexity index is 452. The van der Waals surface area contributed by atoms with Crippen LogP contribution in [0.15, 0.2) is 24.3 Å². The Morgan fingerprint density at radius 2 is 1.94 bits per heavy atom. The van der Waals surface area contributed by atoms with Gasteiger partial charge in [-0.05, 0) is 37.1 Å². The van der Waals surface area contributed by atoms with Crippen LogP contribution < -0.4 is 10.2 Å². The molecule has 1 saturated carbocycles. The SMILES string of the molecule is CN(C(=O)CNC1CC1)c1ccc(C(=O)O)cc1. The molecular weight excluding hydrogens is 232 g/mol. The average Bonchev–Trinajstić information content (AvgIpc) is 3.19. The van der Waals surface area contributed by atoms with Gasteiger partial charge in [0.25, 0.3) is 0 Å². The normalized spacial score (nSPS) is 14.3. The lowest BCUT2D eigenvalue weighted by molar-refractivity contribution is -0.117. The van der Waals surface area contributed by atoms with Crippen LogP contribution in [0.2, 0.25) is 0 Å². The van der Waals surface area contributed by atoms with Gasteiger partial charge in [0.1, 0.15) is 0 Å². The second-order valence-corrected chi connectivity index (χ2v) is 4.46. The number of rotatable bonds is 5. The van der Waals surface area contributed by atoms with Crippen LogP contribution in [0.25, 0.3) is 0 Å². The number of hydrogen-bond acceptors (Lipinski definition) is 3. The van der Waals surface area contributed by atoms with Crippen molar-refractivity contribution in [3.05, 3.63) is 29.8 Å². The van der Waals surface area contributed by atoms with E-state index in [1.165, 1.54) is 17.0 Å². The van der Waals surface area contributed by atoms with Gasteiger partial charge in [-0.25, -0.2) is 4.79 Å². The Morgan fingerprint density at radius 3 is 2.44 bits per heavy atom. The number of hydrogen-bond donors (Lipinski definition) is 2. The maximum atomic E-state index is 11.8. The standard InChI is InChI=1S/C13H16N2O3/c1-15(12(16)8-14-10-4-5-10)11-6-2-9(3-7-11)13(17)18/h2-3,6-7,10,14H,4-5,8H2,1H3,(H,17,18). The average molecular weight is 248 g/mol. The first-order valence-electron chi connectivity index (χ1n) is 5.91. The van der Waals surface area contributed by atoms with Crippen LogP contribution in [0.3, 0.4) is 0 Å². The van der Waals surface area contributed by atoms with E-state index in [-0.39, 0.29) is 11.5 Å². The van der Waals surface area contributed by atoms with Gasteiger partial charge in [0.2, 0.25) is 5.91 Å². The summed E-state index contributed by atoms with van der Waals surface area (Å²) in [4.78, 5) is 24.1. The highest BCUT2D eigenvalue weighted by Gasteiger charge is 2.22. The van der Waals surface area contributed by atoms with E-state index in [4.69, 9.17) is 5.11 Å². The summed E-state index contributed by atoms with van der Waals surface area (Å²) in [5.74, 6) is -0.990. The number of carbonyl (C=O) groups is 2. The van der Waals surface area contributed by atoms with E-state index in [0.29, 0.717) is 18.3 Å². The molecule has 5 nitrogen and oxygen atoms in total. The monoisotopic (exact) mass is 248 g/mol. The smallest absolute Gasteiger partial charge is 0.335 e. The maximum absolute atomic E-state index is 11.8. The minimum atomic E-state index is -0.967. The van der Waals surface area contributed by atoms with E-state index in [9.17, 15) is 9.59 Å². The fraction of sp³-hybridized carbons (Fsp3) is 0.385. The van der Waals surface area contributed by atoms with E-state index in [1.807, 2.05) is 0 Å². The molecule has 0 saturated heterocycles. The van der Waals surface area contributed by atoms with Crippen molar-refractivity contribution in [2.24, 2.45) is 0 Å². The first kappa shape index (κ1) is 12.6. The van der Waals surface area contributed by atoms with E-state index in [2.05, 4.69) is 5.32 Å². The first-order chi connectivity index (χ1) is 8.58. The number of nitrogens with one attached hydrogen (secondary N) is 1. The number of amides is 1. The number of carboxylic acid groups (broad SMARTS) is 1. The number of likely N-dealkylation sites (N-methyl/N-ethyl adjacent to an activating group) is 1. The number of aromatic carboxylic acids is 1. The molecule has 5 heteroatoms. The topological polar surface area (TPSA) is 69.6 Å². The summed E-state index contributed by atoms with van der Waals surface area (Å²) in [7, 11) is 1.69. The summed E-state index contributed by atoms with van der Waals surface area (Å²) in [5.41, 5.74) is 0.915. The number of benzene rings is 1. The molecule has 2 N–H and O–H groups in total. The summed E-state index contributed by atoms with van der Waals surface area (Å²) in [6.45, 7) is 0.321. The molecular formula is C13H16N2O3. The Kier molecular flexibility index (Phi) is 3.62. The highest BCUT2D eigenvalue weighted by Crippen LogP contribution is 2.18. The molecule has 1 aromatic carbocycles. The van der Waals surface area contributed by atoms with Gasteiger partial charge in [-0.3, -0.25) is 4.79 Å². The van der Waals surface area contributed by atoms with Crippen LogP contribution in [0.5, 0.6) is 0 Å². The first-order valence-corrected chi connectivity index (χ1v) is 5.91. The number of anilines is 1. The molecule has 1 aliphatic carbocycles. The fourth-order valence-electron chi connectivity index (χ4n) is 1.61. The van der Waals surface area contributed by atoms with Crippen molar-refractivity contribution in [3.63, 3.8) is 0 Å². The van der Waals surface area contributed by atoms with Gasteiger partial charge in [0.05, 0.1) is 12.1 Å². The summed E-state index contributed by atoms with van der Waals surface area (Å²) in [6, 6.07) is 6.76. The summed E-state index contributed by atoms with van der Waals surface area (Å²) >= 11 is 0. The van der Waals surface area contributed by atoms with Crippen molar-refractivity contribution in [3.8, 4) is 0 Å². The van der Waals surface area contributed by atoms with E-state index < -0.39 is 5.97 Å². The zero-order valence-electron chi connectivity index (χ0n) is 10.2. The summed E-state index contributed by atoms with van der Waals surface area (Å²) in [6.07, 6.45) is 2.29. The Labute approximate surface area is 105 Å². The van der Waals surface area contributed by atoms with E-state index >= 15 is 0 Å². The predicted octanol–water partition coefficient (Wildman–Crippen LogP) is 1.10. The molecule has 0 radical (unpaired) electrons. The molecule has 1 aliphatic rings. The van der Waals surface area contributed by atoms with Gasteiger partial charge < -0.3 is 15.3 Å². The van der Waals surface area contributed by atoms with Crippen molar-refractivity contribution < 1.29 is 14.7 Å². The van der Waals surface area contributed by atoms with Crippen molar-refractivity contribution in [1.29, 1.82) is 0 Å². The van der Waals surface area contributed by atoms with Gasteiger partial charge in [0, 0.05) is 18.8 Å². The van der Waals surface area contributed by atoms with Gasteiger partial charge in [-0.15, -0.1) is 0 Å². The molecule has 0 aromatic heterocycles. The lowest BCUT2D eigenvalue weighted by atomic mass is 10.2. The molecule has 96 valence electrons. The second-order valence-electron chi connectivity index (χ2n) is 4.46. The fourth-order valence-corrected chi connectivity index (χ4v) is 1.61. The zero-order chi connectivity index (χ0) is 13.1. The number of nitrogens with zero attached hydrogens (tertiary/aromatic N) is 1. The van der Waals surface area contributed by atoms with E-state index in [0.717, 1.165) is 12.8 Å². The van der Waals surface area contributed by atoms with Crippen molar-refractivity contribution >= 4 is 17.6 Å². The minimum absolute atomic E-state index is 0.0232. The lowest BCUT2D eigenvalue weighted by Crippen LogP contribution is -2.36. The van der Waals surface area contributed by atoms with Gasteiger partial charge in [-0.2, -0.15) is 0 Å². The van der Waals surface area contributed by atoms with Crippen LogP contribution in [0.1, 0.15) is 23.2 Å². The van der Waals surface area contributed by atoms with Crippen LogP contribution in [0.4, 0.5) is 5.69 Å². The molecule has 1 amide bonds. The number of carboxylic acids is 1. The third kappa shape index (κ3) is 3.07. The third-order valence-electron chi connectivity index (χ3n) is 2.99. The van der Waals surface area contributed by atoms with Gasteiger partial charge >= 0.3 is 5.97 Å². The molecule has 0 spiro atoms. The van der Waals surface area contributed by atoms with Crippen LogP contribution in [0, 0.1) is 0 Å². The minimum Gasteiger partial charge on any atom is -0.478 e. The summed E-state index contributed by atoms with van der Waals surface area (Å²) in [5, 5.41) is 11.9. The molecule has 2 rings (SSSR count). The quantitative estimate of drug-likeness (QED) is 0.818. The molecule has 0 heterocycles. The predicted molar refractivity (Wildman–Crippen MR) is 67.8 cm³/mol. The van der Waals surface area contributed by atoms with Crippen molar-refractivity contribution in [2.75, 3.05) is 18.5 Å². The van der Waals surface area contributed by atoms with E-state index in [1.54, 1.807) is 19.2 Å². The van der Waals surface area contributed by atoms with Crippen LogP contribution in [-0.2, 0) is 4.79 Å². The Morgan fingerprint density at radius 1 is 1.33 bits per heavy atom. The molecule has 0 aliphatic heterocycles. The Balaban J connectivity index is 1.95. The second kappa shape index (κ2) is 5.18. The van der Waals surface area contributed by atoms with Gasteiger partial charge in [0.15, 0.2) is 0 Å². The van der Waals surface area contributed by atoms with Crippen LogP contribution in [-0.4, -0.2) is 36.6 Å². The van der Waals surface area contributed by atoms with Crippen molar-refractivity contribution in [2.45, 2.75) is 18.9 Å².